The number of fused-ring (bicyclic) bond motifs is 1. The molecule has 2 aliphatic carbocycles. The fraction of sp³-hybridized carbons (Fsp3) is 0.235. The smallest absolute Gasteiger partial charge is 0.342 e. The molecule has 0 radical (unpaired) electrons. The predicted molar refractivity (Wildman–Crippen MR) is 80.1 cm³/mol. The highest BCUT2D eigenvalue weighted by molar-refractivity contribution is 6.14. The topological polar surface area (TPSA) is 76.4 Å². The van der Waals surface area contributed by atoms with E-state index in [0.717, 1.165) is 0 Å². The van der Waals surface area contributed by atoms with Gasteiger partial charge in [0.25, 0.3) is 0 Å². The molecule has 2 rings (SSSR count). The number of esters is 1. The highest BCUT2D eigenvalue weighted by Crippen LogP contribution is 2.42. The van der Waals surface area contributed by atoms with E-state index in [0.29, 0.717) is 11.1 Å². The second-order valence-electron chi connectivity index (χ2n) is 4.50. The number of hydrogen-bond acceptors (Lipinski definition) is 5. The molecule has 0 heterocycles. The van der Waals surface area contributed by atoms with Crippen molar-refractivity contribution in [2.24, 2.45) is 0 Å². The normalized spacial score (nSPS) is 10.0. The lowest BCUT2D eigenvalue weighted by atomic mass is 10.0. The number of ketones is 1. The molecule has 0 atom stereocenters. The van der Waals surface area contributed by atoms with Crippen molar-refractivity contribution in [3.63, 3.8) is 0 Å². The van der Waals surface area contributed by atoms with Crippen LogP contribution in [0.1, 0.15) is 34.1 Å². The molecule has 0 aromatic rings. The zero-order valence-corrected chi connectivity index (χ0v) is 12.4. The minimum Gasteiger partial charge on any atom is -0.495 e. The van der Waals surface area contributed by atoms with Gasteiger partial charge in [0.15, 0.2) is 5.78 Å². The van der Waals surface area contributed by atoms with E-state index in [1.54, 1.807) is 37.3 Å². The molecule has 2 aliphatic rings. The molecule has 0 unspecified atom stereocenters. The third-order valence-electron chi connectivity index (χ3n) is 3.23. The third kappa shape index (κ3) is 2.63. The summed E-state index contributed by atoms with van der Waals surface area (Å²) < 4.78 is 10.4. The number of carbonyl (C=O) groups excluding carboxylic acids is 2. The molecule has 5 nitrogen and oxygen atoms in total. The molecule has 0 aromatic carbocycles. The molecule has 0 spiro atoms. The lowest BCUT2D eigenvalue weighted by Gasteiger charge is -2.05. The lowest BCUT2D eigenvalue weighted by Crippen LogP contribution is -2.06. The Hall–Kier alpha value is -2.87. The molecule has 0 aliphatic heterocycles. The van der Waals surface area contributed by atoms with E-state index in [1.807, 2.05) is 6.07 Å². The molecule has 5 heteroatoms. The number of methoxy groups -OCH3 is 1. The van der Waals surface area contributed by atoms with E-state index >= 15 is 0 Å². The number of hydrogen-bond donors (Lipinski definition) is 0. The fourth-order valence-corrected chi connectivity index (χ4v) is 2.40. The third-order valence-corrected chi connectivity index (χ3v) is 3.23. The van der Waals surface area contributed by atoms with Crippen molar-refractivity contribution in [1.29, 1.82) is 5.26 Å². The minimum absolute atomic E-state index is 0.167. The Bertz CT molecular complexity index is 730. The van der Waals surface area contributed by atoms with Crippen LogP contribution in [0, 0.1) is 11.3 Å². The molecule has 0 saturated heterocycles. The van der Waals surface area contributed by atoms with Gasteiger partial charge in [-0.2, -0.15) is 5.26 Å². The van der Waals surface area contributed by atoms with Crippen LogP contribution in [0.15, 0.2) is 30.3 Å². The van der Waals surface area contributed by atoms with Gasteiger partial charge in [-0.1, -0.05) is 30.3 Å². The van der Waals surface area contributed by atoms with Crippen molar-refractivity contribution in [3.05, 3.63) is 41.5 Å². The molecule has 0 bridgehead atoms. The van der Waals surface area contributed by atoms with Gasteiger partial charge in [0.2, 0.25) is 0 Å². The average molecular weight is 297 g/mol. The summed E-state index contributed by atoms with van der Waals surface area (Å²) in [6.07, 6.45) is -0.281. The molecule has 0 amide bonds. The maximum absolute atomic E-state index is 12.3. The largest absolute Gasteiger partial charge is 0.495 e. The maximum atomic E-state index is 12.3. The first-order valence-electron chi connectivity index (χ1n) is 6.81. The standard InChI is InChI=1S/C17H15NO4/c1-3-22-17(20)15-12-8-6-4-5-7-11(12)14(16(15)21-2)13(19)9-10-18/h4-8H,3,9H2,1-2H3. The average Bonchev–Trinajstić information content (AvgIpc) is 2.63. The first-order valence-corrected chi connectivity index (χ1v) is 6.81. The Morgan fingerprint density at radius 1 is 1.14 bits per heavy atom. The van der Waals surface area contributed by atoms with Crippen LogP contribution in [0.25, 0.3) is 11.1 Å². The first kappa shape index (κ1) is 15.5. The second-order valence-corrected chi connectivity index (χ2v) is 4.50. The summed E-state index contributed by atoms with van der Waals surface area (Å²) in [6, 6.07) is 10.6. The maximum Gasteiger partial charge on any atom is 0.342 e. The van der Waals surface area contributed by atoms with Crippen LogP contribution < -0.4 is 4.74 Å². The van der Waals surface area contributed by atoms with Crippen molar-refractivity contribution in [1.82, 2.24) is 0 Å². The van der Waals surface area contributed by atoms with Crippen molar-refractivity contribution in [2.75, 3.05) is 13.7 Å². The quantitative estimate of drug-likeness (QED) is 0.626. The van der Waals surface area contributed by atoms with Crippen LogP contribution in [0.2, 0.25) is 0 Å². The van der Waals surface area contributed by atoms with Gasteiger partial charge in [-0.15, -0.1) is 0 Å². The van der Waals surface area contributed by atoms with Crippen LogP contribution in [0.5, 0.6) is 5.75 Å². The van der Waals surface area contributed by atoms with Crippen LogP contribution in [0.4, 0.5) is 0 Å². The number of carbonyl (C=O) groups is 2. The SMILES string of the molecule is CCOC(=O)c1c2cccccc-2c(C(=O)CC#N)c1OC. The summed E-state index contributed by atoms with van der Waals surface area (Å²) in [5.41, 5.74) is 1.61. The summed E-state index contributed by atoms with van der Waals surface area (Å²) in [5.74, 6) is -0.766. The summed E-state index contributed by atoms with van der Waals surface area (Å²) in [4.78, 5) is 24.5. The van der Waals surface area contributed by atoms with Crippen LogP contribution >= 0.6 is 0 Å². The van der Waals surface area contributed by atoms with Gasteiger partial charge in [0.1, 0.15) is 11.3 Å². The summed E-state index contributed by atoms with van der Waals surface area (Å²) in [7, 11) is 1.39. The van der Waals surface area contributed by atoms with Crippen molar-refractivity contribution in [2.45, 2.75) is 13.3 Å². The fourth-order valence-electron chi connectivity index (χ4n) is 2.40. The molecule has 0 aromatic heterocycles. The second kappa shape index (κ2) is 6.72. The van der Waals surface area contributed by atoms with Gasteiger partial charge in [-0.25, -0.2) is 4.79 Å². The Morgan fingerprint density at radius 3 is 2.32 bits per heavy atom. The zero-order valence-electron chi connectivity index (χ0n) is 12.4. The highest BCUT2D eigenvalue weighted by atomic mass is 16.5. The van der Waals surface area contributed by atoms with Crippen LogP contribution in [0.3, 0.4) is 0 Å². The highest BCUT2D eigenvalue weighted by Gasteiger charge is 2.31. The Balaban J connectivity index is 2.77. The summed E-state index contributed by atoms with van der Waals surface area (Å²) in [6.45, 7) is 1.92. The monoisotopic (exact) mass is 297 g/mol. The predicted octanol–water partition coefficient (Wildman–Crippen LogP) is 3.07. The molecule has 0 fully saturated rings. The molecule has 0 N–H and O–H groups in total. The van der Waals surface area contributed by atoms with Gasteiger partial charge >= 0.3 is 5.97 Å². The molecular weight excluding hydrogens is 282 g/mol. The van der Waals surface area contributed by atoms with Gasteiger partial charge < -0.3 is 9.47 Å². The number of rotatable bonds is 5. The van der Waals surface area contributed by atoms with E-state index in [2.05, 4.69) is 0 Å². The van der Waals surface area contributed by atoms with Crippen LogP contribution in [-0.2, 0) is 4.74 Å². The summed E-state index contributed by atoms with van der Waals surface area (Å²) in [5, 5.41) is 8.78. The van der Waals surface area contributed by atoms with E-state index in [9.17, 15) is 9.59 Å². The molecule has 0 saturated carbocycles. The lowest BCUT2D eigenvalue weighted by molar-refractivity contribution is 0.0524. The Morgan fingerprint density at radius 2 is 1.77 bits per heavy atom. The van der Waals surface area contributed by atoms with Gasteiger partial charge in [-0.3, -0.25) is 4.79 Å². The minimum atomic E-state index is -0.549. The summed E-state index contributed by atoms with van der Waals surface area (Å²) >= 11 is 0. The van der Waals surface area contributed by atoms with Gasteiger partial charge in [0.05, 0.1) is 31.8 Å². The molecular formula is C17H15NO4. The number of nitriles is 1. The number of ether oxygens (including phenoxy) is 2. The van der Waals surface area contributed by atoms with Crippen molar-refractivity contribution in [3.8, 4) is 22.9 Å². The van der Waals surface area contributed by atoms with Gasteiger partial charge in [-0.05, 0) is 12.5 Å². The van der Waals surface area contributed by atoms with E-state index in [-0.39, 0.29) is 35.7 Å². The number of Topliss-reactive ketones (excluding diaryl/α,β-unsaturated/α-hetero) is 1. The first-order chi connectivity index (χ1) is 10.7. The zero-order chi connectivity index (χ0) is 16.1. The van der Waals surface area contributed by atoms with E-state index in [4.69, 9.17) is 14.7 Å². The van der Waals surface area contributed by atoms with Crippen molar-refractivity contribution >= 4 is 11.8 Å². The van der Waals surface area contributed by atoms with Gasteiger partial charge in [0, 0.05) is 5.56 Å². The van der Waals surface area contributed by atoms with Crippen LogP contribution in [-0.4, -0.2) is 25.5 Å². The Labute approximate surface area is 128 Å². The molecule has 112 valence electrons. The molecule has 22 heavy (non-hydrogen) atoms. The van der Waals surface area contributed by atoms with E-state index < -0.39 is 5.97 Å². The van der Waals surface area contributed by atoms with Crippen molar-refractivity contribution < 1.29 is 19.1 Å². The number of nitrogens with zero attached hydrogens (tertiary/aromatic N) is 1. The van der Waals surface area contributed by atoms with E-state index in [1.165, 1.54) is 7.11 Å². The Kier molecular flexibility index (Phi) is 4.74.